The minimum atomic E-state index is -0.347. The number of piperidine rings is 1. The molecule has 0 unspecified atom stereocenters. The van der Waals surface area contributed by atoms with E-state index in [1.165, 1.54) is 26.4 Å². The van der Waals surface area contributed by atoms with Gasteiger partial charge < -0.3 is 15.4 Å². The molecule has 18 heavy (non-hydrogen) atoms. The fraction of sp³-hybridized carbons (Fsp3) is 0.500. The van der Waals surface area contributed by atoms with Crippen molar-refractivity contribution in [2.24, 2.45) is 0 Å². The molecule has 1 fully saturated rings. The second-order valence-corrected chi connectivity index (χ2v) is 4.80. The van der Waals surface area contributed by atoms with Gasteiger partial charge in [-0.15, -0.1) is 0 Å². The second-order valence-electron chi connectivity index (χ2n) is 4.80. The lowest BCUT2D eigenvalue weighted by molar-refractivity contribution is 0.0601. The quantitative estimate of drug-likeness (QED) is 0.645. The predicted octanol–water partition coefficient (Wildman–Crippen LogP) is 2.43. The Hall–Kier alpha value is -1.71. The van der Waals surface area contributed by atoms with E-state index in [2.05, 4.69) is 16.6 Å². The molecule has 1 aromatic carbocycles. The maximum atomic E-state index is 11.4. The molecule has 1 saturated heterocycles. The van der Waals surface area contributed by atoms with Gasteiger partial charge >= 0.3 is 5.97 Å². The zero-order chi connectivity index (χ0) is 13.1. The molecule has 0 saturated carbocycles. The summed E-state index contributed by atoms with van der Waals surface area (Å²) in [5.41, 5.74) is 8.23. The number of esters is 1. The van der Waals surface area contributed by atoms with E-state index < -0.39 is 0 Å². The Balaban J connectivity index is 2.26. The SMILES string of the molecule is COC(=O)c1ccc(N2CCCC[C@H]2C)c(N)c1. The van der Waals surface area contributed by atoms with E-state index in [4.69, 9.17) is 5.73 Å². The number of hydrogen-bond acceptors (Lipinski definition) is 4. The molecule has 0 radical (unpaired) electrons. The number of benzene rings is 1. The lowest BCUT2D eigenvalue weighted by Gasteiger charge is -2.36. The molecule has 1 aliphatic heterocycles. The zero-order valence-corrected chi connectivity index (χ0v) is 11.0. The van der Waals surface area contributed by atoms with Crippen LogP contribution in [-0.4, -0.2) is 25.7 Å². The summed E-state index contributed by atoms with van der Waals surface area (Å²) >= 11 is 0. The van der Waals surface area contributed by atoms with Crippen LogP contribution in [0.1, 0.15) is 36.5 Å². The fourth-order valence-corrected chi connectivity index (χ4v) is 2.52. The number of carbonyl (C=O) groups excluding carboxylic acids is 1. The van der Waals surface area contributed by atoms with Crippen LogP contribution in [0.3, 0.4) is 0 Å². The average molecular weight is 248 g/mol. The van der Waals surface area contributed by atoms with Gasteiger partial charge in [0, 0.05) is 12.6 Å². The largest absolute Gasteiger partial charge is 0.465 e. The zero-order valence-electron chi connectivity index (χ0n) is 11.0. The summed E-state index contributed by atoms with van der Waals surface area (Å²) in [5, 5.41) is 0. The molecule has 2 N–H and O–H groups in total. The van der Waals surface area contributed by atoms with E-state index in [9.17, 15) is 4.79 Å². The van der Waals surface area contributed by atoms with Crippen molar-refractivity contribution >= 4 is 17.3 Å². The van der Waals surface area contributed by atoms with Crippen molar-refractivity contribution in [1.29, 1.82) is 0 Å². The van der Waals surface area contributed by atoms with Gasteiger partial charge in [-0.1, -0.05) is 0 Å². The fourth-order valence-electron chi connectivity index (χ4n) is 2.52. The number of ether oxygens (including phenoxy) is 1. The Morgan fingerprint density at radius 1 is 1.44 bits per heavy atom. The first-order valence-corrected chi connectivity index (χ1v) is 6.38. The van der Waals surface area contributed by atoms with Gasteiger partial charge in [0.05, 0.1) is 24.0 Å². The van der Waals surface area contributed by atoms with Gasteiger partial charge in [0.15, 0.2) is 0 Å². The van der Waals surface area contributed by atoms with Gasteiger partial charge in [-0.25, -0.2) is 4.79 Å². The van der Waals surface area contributed by atoms with Crippen molar-refractivity contribution in [2.45, 2.75) is 32.2 Å². The van der Waals surface area contributed by atoms with Crippen LogP contribution in [0.15, 0.2) is 18.2 Å². The average Bonchev–Trinajstić information content (AvgIpc) is 2.39. The molecule has 1 heterocycles. The van der Waals surface area contributed by atoms with Gasteiger partial charge in [0.2, 0.25) is 0 Å². The third-order valence-electron chi connectivity index (χ3n) is 3.56. The van der Waals surface area contributed by atoms with E-state index in [1.54, 1.807) is 12.1 Å². The summed E-state index contributed by atoms with van der Waals surface area (Å²) in [6, 6.07) is 5.90. The van der Waals surface area contributed by atoms with Crippen LogP contribution in [-0.2, 0) is 4.74 Å². The monoisotopic (exact) mass is 248 g/mol. The number of hydrogen-bond donors (Lipinski definition) is 1. The van der Waals surface area contributed by atoms with Crippen molar-refractivity contribution in [1.82, 2.24) is 0 Å². The Morgan fingerprint density at radius 2 is 2.22 bits per heavy atom. The van der Waals surface area contributed by atoms with Crippen LogP contribution in [0.2, 0.25) is 0 Å². The van der Waals surface area contributed by atoms with Crippen molar-refractivity contribution in [2.75, 3.05) is 24.3 Å². The number of nitrogens with zero attached hydrogens (tertiary/aromatic N) is 1. The van der Waals surface area contributed by atoms with Crippen molar-refractivity contribution < 1.29 is 9.53 Å². The van der Waals surface area contributed by atoms with E-state index in [1.807, 2.05) is 6.07 Å². The highest BCUT2D eigenvalue weighted by Gasteiger charge is 2.20. The van der Waals surface area contributed by atoms with Crippen molar-refractivity contribution in [3.8, 4) is 0 Å². The molecule has 0 aromatic heterocycles. The highest BCUT2D eigenvalue weighted by molar-refractivity contribution is 5.92. The van der Waals surface area contributed by atoms with E-state index in [-0.39, 0.29) is 5.97 Å². The smallest absolute Gasteiger partial charge is 0.337 e. The highest BCUT2D eigenvalue weighted by Crippen LogP contribution is 2.30. The Bertz CT molecular complexity index is 445. The van der Waals surface area contributed by atoms with Gasteiger partial charge in [0.1, 0.15) is 0 Å². The molecule has 2 rings (SSSR count). The predicted molar refractivity (Wildman–Crippen MR) is 72.9 cm³/mol. The van der Waals surface area contributed by atoms with Gasteiger partial charge in [-0.3, -0.25) is 0 Å². The minimum absolute atomic E-state index is 0.347. The number of nitrogens with two attached hydrogens (primary N) is 1. The van der Waals surface area contributed by atoms with Crippen LogP contribution in [0.5, 0.6) is 0 Å². The normalized spacial score (nSPS) is 19.7. The first-order valence-electron chi connectivity index (χ1n) is 6.38. The first-order chi connectivity index (χ1) is 8.63. The van der Waals surface area contributed by atoms with E-state index in [0.717, 1.165) is 12.2 Å². The summed E-state index contributed by atoms with van der Waals surface area (Å²) in [4.78, 5) is 13.7. The van der Waals surface area contributed by atoms with Gasteiger partial charge in [0.25, 0.3) is 0 Å². The lowest BCUT2D eigenvalue weighted by Crippen LogP contribution is -2.37. The molecule has 0 amide bonds. The molecule has 1 aromatic rings. The van der Waals surface area contributed by atoms with Crippen LogP contribution in [0, 0.1) is 0 Å². The topological polar surface area (TPSA) is 55.6 Å². The van der Waals surface area contributed by atoms with Gasteiger partial charge in [-0.2, -0.15) is 0 Å². The molecular weight excluding hydrogens is 228 g/mol. The van der Waals surface area contributed by atoms with E-state index in [0.29, 0.717) is 17.3 Å². The standard InChI is InChI=1S/C14H20N2O2/c1-10-5-3-4-8-16(10)13-7-6-11(9-12(13)15)14(17)18-2/h6-7,9-10H,3-5,8,15H2,1-2H3/t10-/m1/s1. The van der Waals surface area contributed by atoms with Gasteiger partial charge in [-0.05, 0) is 44.4 Å². The first kappa shape index (κ1) is 12.7. The molecule has 0 bridgehead atoms. The van der Waals surface area contributed by atoms with Crippen molar-refractivity contribution in [3.05, 3.63) is 23.8 Å². The third-order valence-corrected chi connectivity index (χ3v) is 3.56. The third kappa shape index (κ3) is 2.42. The Labute approximate surface area is 108 Å². The summed E-state index contributed by atoms with van der Waals surface area (Å²) in [6.45, 7) is 3.25. The van der Waals surface area contributed by atoms with Crippen LogP contribution in [0.4, 0.5) is 11.4 Å². The van der Waals surface area contributed by atoms with E-state index >= 15 is 0 Å². The highest BCUT2D eigenvalue weighted by atomic mass is 16.5. The van der Waals surface area contributed by atoms with Crippen LogP contribution in [0.25, 0.3) is 0 Å². The lowest BCUT2D eigenvalue weighted by atomic mass is 10.0. The maximum absolute atomic E-state index is 11.4. The summed E-state index contributed by atoms with van der Waals surface area (Å²) in [7, 11) is 1.37. The molecule has 1 atom stereocenters. The number of nitrogen functional groups attached to an aromatic ring is 1. The molecule has 1 aliphatic rings. The molecule has 98 valence electrons. The number of carbonyl (C=O) groups is 1. The Morgan fingerprint density at radius 3 is 2.83 bits per heavy atom. The number of anilines is 2. The summed E-state index contributed by atoms with van der Waals surface area (Å²) in [6.07, 6.45) is 3.67. The minimum Gasteiger partial charge on any atom is -0.465 e. The molecule has 0 aliphatic carbocycles. The van der Waals surface area contributed by atoms with Crippen molar-refractivity contribution in [3.63, 3.8) is 0 Å². The number of rotatable bonds is 2. The second kappa shape index (κ2) is 5.29. The van der Waals surface area contributed by atoms with Crippen LogP contribution < -0.4 is 10.6 Å². The maximum Gasteiger partial charge on any atom is 0.337 e. The number of methoxy groups -OCH3 is 1. The molecular formula is C14H20N2O2. The Kier molecular flexibility index (Phi) is 3.75. The molecule has 0 spiro atoms. The summed E-state index contributed by atoms with van der Waals surface area (Å²) < 4.78 is 4.69. The van der Waals surface area contributed by atoms with Crippen LogP contribution >= 0.6 is 0 Å². The summed E-state index contributed by atoms with van der Waals surface area (Å²) in [5.74, 6) is -0.347. The molecule has 4 nitrogen and oxygen atoms in total. The molecule has 4 heteroatoms.